The molecule has 7 heteroatoms. The van der Waals surface area contributed by atoms with Crippen LogP contribution in [0.15, 0.2) is 52.9 Å². The number of rotatable bonds is 4. The van der Waals surface area contributed by atoms with E-state index in [0.29, 0.717) is 43.5 Å². The lowest BCUT2D eigenvalue weighted by Crippen LogP contribution is -2.48. The van der Waals surface area contributed by atoms with Crippen molar-refractivity contribution >= 4 is 11.8 Å². The SMILES string of the molecule is COc1ccc(-c2nc(C#N)c(N3CCN(C(=O)c4cccc(C)c4)CC3)o2)cc1. The Morgan fingerprint density at radius 2 is 1.87 bits per heavy atom. The third kappa shape index (κ3) is 3.85. The molecule has 1 aliphatic heterocycles. The Morgan fingerprint density at radius 3 is 2.50 bits per heavy atom. The quantitative estimate of drug-likeness (QED) is 0.664. The lowest BCUT2D eigenvalue weighted by atomic mass is 10.1. The second-order valence-corrected chi connectivity index (χ2v) is 7.16. The minimum atomic E-state index is 0.0235. The Labute approximate surface area is 175 Å². The summed E-state index contributed by atoms with van der Waals surface area (Å²) in [4.78, 5) is 20.9. The van der Waals surface area contributed by atoms with E-state index >= 15 is 0 Å². The van der Waals surface area contributed by atoms with E-state index in [-0.39, 0.29) is 11.6 Å². The van der Waals surface area contributed by atoms with Gasteiger partial charge in [-0.2, -0.15) is 10.2 Å². The summed E-state index contributed by atoms with van der Waals surface area (Å²) < 4.78 is 11.1. The highest BCUT2D eigenvalue weighted by atomic mass is 16.5. The zero-order valence-corrected chi connectivity index (χ0v) is 17.0. The van der Waals surface area contributed by atoms with E-state index < -0.39 is 0 Å². The highest BCUT2D eigenvalue weighted by Gasteiger charge is 2.27. The van der Waals surface area contributed by atoms with E-state index in [9.17, 15) is 10.1 Å². The first-order valence-corrected chi connectivity index (χ1v) is 9.75. The van der Waals surface area contributed by atoms with Gasteiger partial charge in [-0.1, -0.05) is 17.7 Å². The number of amides is 1. The van der Waals surface area contributed by atoms with E-state index in [1.807, 2.05) is 65.3 Å². The lowest BCUT2D eigenvalue weighted by molar-refractivity contribution is 0.0745. The fourth-order valence-corrected chi connectivity index (χ4v) is 3.53. The summed E-state index contributed by atoms with van der Waals surface area (Å²) in [7, 11) is 1.61. The van der Waals surface area contributed by atoms with E-state index in [4.69, 9.17) is 9.15 Å². The van der Waals surface area contributed by atoms with Gasteiger partial charge >= 0.3 is 0 Å². The van der Waals surface area contributed by atoms with Crippen LogP contribution in [0.5, 0.6) is 5.75 Å². The zero-order chi connectivity index (χ0) is 21.1. The van der Waals surface area contributed by atoms with Crippen LogP contribution in [0.2, 0.25) is 0 Å². The number of anilines is 1. The van der Waals surface area contributed by atoms with Gasteiger partial charge in [0.05, 0.1) is 7.11 Å². The number of methoxy groups -OCH3 is 1. The van der Waals surface area contributed by atoms with Crippen molar-refractivity contribution in [2.75, 3.05) is 38.2 Å². The summed E-state index contributed by atoms with van der Waals surface area (Å²) in [5.41, 5.74) is 2.78. The number of hydrogen-bond acceptors (Lipinski definition) is 6. The summed E-state index contributed by atoms with van der Waals surface area (Å²) in [6.07, 6.45) is 0. The Balaban J connectivity index is 1.48. The number of nitriles is 1. The zero-order valence-electron chi connectivity index (χ0n) is 17.0. The molecule has 0 atom stereocenters. The van der Waals surface area contributed by atoms with Gasteiger partial charge in [-0.15, -0.1) is 0 Å². The van der Waals surface area contributed by atoms with Gasteiger partial charge in [0.25, 0.3) is 5.91 Å². The number of nitrogens with zero attached hydrogens (tertiary/aromatic N) is 4. The van der Waals surface area contributed by atoms with Gasteiger partial charge in [-0.3, -0.25) is 4.79 Å². The minimum Gasteiger partial charge on any atom is -0.497 e. The standard InChI is InChI=1S/C23H22N4O3/c1-16-4-3-5-18(14-16)22(28)26-10-12-27(13-11-26)23-20(15-24)25-21(30-23)17-6-8-19(29-2)9-7-17/h3-9,14H,10-13H2,1-2H3. The lowest BCUT2D eigenvalue weighted by Gasteiger charge is -2.34. The van der Waals surface area contributed by atoms with Crippen molar-refractivity contribution in [3.8, 4) is 23.3 Å². The molecule has 1 fully saturated rings. The van der Waals surface area contributed by atoms with Crippen molar-refractivity contribution in [1.82, 2.24) is 9.88 Å². The predicted molar refractivity (Wildman–Crippen MR) is 113 cm³/mol. The molecule has 0 unspecified atom stereocenters. The van der Waals surface area contributed by atoms with Crippen LogP contribution in [0, 0.1) is 18.3 Å². The summed E-state index contributed by atoms with van der Waals surface area (Å²) in [6.45, 7) is 4.22. The molecule has 1 aromatic heterocycles. The van der Waals surface area contributed by atoms with Crippen molar-refractivity contribution in [3.05, 3.63) is 65.4 Å². The predicted octanol–water partition coefficient (Wildman–Crippen LogP) is 3.49. The summed E-state index contributed by atoms with van der Waals surface area (Å²) in [5, 5.41) is 9.52. The van der Waals surface area contributed by atoms with Gasteiger partial charge < -0.3 is 19.0 Å². The summed E-state index contributed by atoms with van der Waals surface area (Å²) >= 11 is 0. The maximum absolute atomic E-state index is 12.8. The number of carbonyl (C=O) groups excluding carboxylic acids is 1. The maximum atomic E-state index is 12.8. The highest BCUT2D eigenvalue weighted by molar-refractivity contribution is 5.94. The van der Waals surface area contributed by atoms with Gasteiger partial charge in [-0.05, 0) is 43.3 Å². The molecule has 7 nitrogen and oxygen atoms in total. The Kier molecular flexibility index (Phi) is 5.40. The molecule has 152 valence electrons. The molecule has 0 saturated carbocycles. The number of benzene rings is 2. The van der Waals surface area contributed by atoms with Crippen molar-refractivity contribution in [2.24, 2.45) is 0 Å². The molecule has 3 aromatic rings. The fourth-order valence-electron chi connectivity index (χ4n) is 3.53. The topological polar surface area (TPSA) is 82.6 Å². The van der Waals surface area contributed by atoms with E-state index in [0.717, 1.165) is 16.9 Å². The van der Waals surface area contributed by atoms with Crippen LogP contribution in [0.4, 0.5) is 5.88 Å². The second-order valence-electron chi connectivity index (χ2n) is 7.16. The first-order valence-electron chi connectivity index (χ1n) is 9.75. The van der Waals surface area contributed by atoms with Gasteiger partial charge in [0.2, 0.25) is 17.5 Å². The molecule has 4 rings (SSSR count). The molecule has 0 bridgehead atoms. The Hall–Kier alpha value is -3.79. The van der Waals surface area contributed by atoms with Crippen molar-refractivity contribution in [3.63, 3.8) is 0 Å². The van der Waals surface area contributed by atoms with E-state index in [2.05, 4.69) is 11.1 Å². The van der Waals surface area contributed by atoms with Crippen LogP contribution in [0.1, 0.15) is 21.6 Å². The molecule has 0 aliphatic carbocycles. The van der Waals surface area contributed by atoms with Crippen molar-refractivity contribution < 1.29 is 13.9 Å². The number of hydrogen-bond donors (Lipinski definition) is 0. The minimum absolute atomic E-state index is 0.0235. The summed E-state index contributed by atoms with van der Waals surface area (Å²) in [5.74, 6) is 1.60. The molecule has 2 heterocycles. The number of aromatic nitrogens is 1. The number of aryl methyl sites for hydroxylation is 1. The van der Waals surface area contributed by atoms with Crippen molar-refractivity contribution in [1.29, 1.82) is 5.26 Å². The molecule has 1 amide bonds. The molecule has 1 aliphatic rings. The highest BCUT2D eigenvalue weighted by Crippen LogP contribution is 2.30. The van der Waals surface area contributed by atoms with Crippen LogP contribution in [-0.4, -0.2) is 49.1 Å². The molecule has 30 heavy (non-hydrogen) atoms. The van der Waals surface area contributed by atoms with Crippen LogP contribution < -0.4 is 9.64 Å². The number of ether oxygens (including phenoxy) is 1. The average molecular weight is 402 g/mol. The molecular formula is C23H22N4O3. The molecule has 0 spiro atoms. The molecule has 2 aromatic carbocycles. The van der Waals surface area contributed by atoms with Gasteiger partial charge in [0.1, 0.15) is 11.8 Å². The Bertz CT molecular complexity index is 1090. The summed E-state index contributed by atoms with van der Waals surface area (Å²) in [6, 6.07) is 17.1. The van der Waals surface area contributed by atoms with E-state index in [1.54, 1.807) is 7.11 Å². The number of oxazole rings is 1. The number of carbonyl (C=O) groups is 1. The molecule has 1 saturated heterocycles. The largest absolute Gasteiger partial charge is 0.497 e. The first-order chi connectivity index (χ1) is 14.6. The molecular weight excluding hydrogens is 380 g/mol. The van der Waals surface area contributed by atoms with Crippen LogP contribution in [0.3, 0.4) is 0 Å². The smallest absolute Gasteiger partial charge is 0.253 e. The third-order valence-electron chi connectivity index (χ3n) is 5.17. The van der Waals surface area contributed by atoms with Gasteiger partial charge in [-0.25, -0.2) is 0 Å². The first kappa shape index (κ1) is 19.5. The van der Waals surface area contributed by atoms with Gasteiger partial charge in [0, 0.05) is 37.3 Å². The third-order valence-corrected chi connectivity index (χ3v) is 5.17. The van der Waals surface area contributed by atoms with E-state index in [1.165, 1.54) is 0 Å². The molecule has 0 radical (unpaired) electrons. The van der Waals surface area contributed by atoms with Crippen LogP contribution in [-0.2, 0) is 0 Å². The maximum Gasteiger partial charge on any atom is 0.253 e. The monoisotopic (exact) mass is 402 g/mol. The molecule has 0 N–H and O–H groups in total. The van der Waals surface area contributed by atoms with Crippen molar-refractivity contribution in [2.45, 2.75) is 6.92 Å². The second kappa shape index (κ2) is 8.29. The average Bonchev–Trinajstić information content (AvgIpc) is 3.23. The fraction of sp³-hybridized carbons (Fsp3) is 0.261. The number of piperazine rings is 1. The Morgan fingerprint density at radius 1 is 1.13 bits per heavy atom. The van der Waals surface area contributed by atoms with Crippen LogP contribution >= 0.6 is 0 Å². The van der Waals surface area contributed by atoms with Gasteiger partial charge in [0.15, 0.2) is 0 Å². The van der Waals surface area contributed by atoms with Crippen LogP contribution in [0.25, 0.3) is 11.5 Å². The normalized spacial score (nSPS) is 13.8.